The molecule has 1 aromatic rings. The Morgan fingerprint density at radius 3 is 2.30 bits per heavy atom. The van der Waals surface area contributed by atoms with Crippen LogP contribution in [0.1, 0.15) is 51.4 Å². The van der Waals surface area contributed by atoms with Gasteiger partial charge in [-0.2, -0.15) is 0 Å². The van der Waals surface area contributed by atoms with Crippen LogP contribution in [0.4, 0.5) is 9.93 Å². The van der Waals surface area contributed by atoms with E-state index < -0.39 is 10.0 Å². The molecule has 1 aromatic heterocycles. The van der Waals surface area contributed by atoms with Crippen molar-refractivity contribution in [2.45, 2.75) is 63.5 Å². The molecule has 0 spiro atoms. The largest absolute Gasteiger partial charge is 0.324 e. The van der Waals surface area contributed by atoms with E-state index in [1.165, 1.54) is 40.9 Å². The van der Waals surface area contributed by atoms with Gasteiger partial charge in [-0.15, -0.1) is 0 Å². The second-order valence-electron chi connectivity index (χ2n) is 7.35. The molecule has 0 unspecified atom stereocenters. The molecule has 1 aliphatic carbocycles. The lowest BCUT2D eigenvalue weighted by atomic mass is 9.99. The fourth-order valence-electron chi connectivity index (χ4n) is 4.09. The number of rotatable bonds is 4. The first-order valence-electron chi connectivity index (χ1n) is 9.50. The number of thiazole rings is 1. The number of nitrogens with zero attached hydrogens (tertiary/aromatic N) is 3. The minimum absolute atomic E-state index is 0.0431. The molecular formula is C17H27ClN4O3S2. The maximum atomic E-state index is 13.1. The molecule has 1 saturated heterocycles. The van der Waals surface area contributed by atoms with Gasteiger partial charge in [-0.25, -0.2) is 22.5 Å². The van der Waals surface area contributed by atoms with Gasteiger partial charge in [0.25, 0.3) is 0 Å². The number of hydrogen-bond acceptors (Lipinski definition) is 5. The number of sulfonamides is 1. The number of hydrogen-bond donors (Lipinski definition) is 1. The highest BCUT2D eigenvalue weighted by Gasteiger charge is 2.35. The summed E-state index contributed by atoms with van der Waals surface area (Å²) in [4.78, 5) is 19.2. The fourth-order valence-corrected chi connectivity index (χ4v) is 5.76. The zero-order valence-corrected chi connectivity index (χ0v) is 18.0. The first-order valence-corrected chi connectivity index (χ1v) is 12.5. The zero-order chi connectivity index (χ0) is 19.4. The van der Waals surface area contributed by atoms with Crippen molar-refractivity contribution >= 4 is 44.1 Å². The van der Waals surface area contributed by atoms with E-state index in [4.69, 9.17) is 11.6 Å². The molecule has 0 aromatic carbocycles. The molecule has 1 aliphatic heterocycles. The summed E-state index contributed by atoms with van der Waals surface area (Å²) >= 11 is 7.17. The van der Waals surface area contributed by atoms with Crippen molar-refractivity contribution in [3.63, 3.8) is 0 Å². The number of anilines is 1. The summed E-state index contributed by atoms with van der Waals surface area (Å²) in [6, 6.07) is 0.0879. The van der Waals surface area contributed by atoms with Crippen molar-refractivity contribution in [1.29, 1.82) is 0 Å². The third kappa shape index (κ3) is 5.56. The molecule has 0 radical (unpaired) electrons. The van der Waals surface area contributed by atoms with E-state index in [9.17, 15) is 13.2 Å². The number of aromatic nitrogens is 1. The van der Waals surface area contributed by atoms with Crippen molar-refractivity contribution in [3.05, 3.63) is 10.5 Å². The number of urea groups is 1. The van der Waals surface area contributed by atoms with Gasteiger partial charge in [0.15, 0.2) is 5.13 Å². The number of carbonyl (C=O) groups is 1. The van der Waals surface area contributed by atoms with Crippen LogP contribution in [0.15, 0.2) is 6.20 Å². The van der Waals surface area contributed by atoms with Gasteiger partial charge < -0.3 is 4.90 Å². The minimum atomic E-state index is -3.18. The average Bonchev–Trinajstić information content (AvgIpc) is 2.85. The van der Waals surface area contributed by atoms with Crippen LogP contribution in [0.3, 0.4) is 0 Å². The summed E-state index contributed by atoms with van der Waals surface area (Å²) in [5.41, 5.74) is 0. The highest BCUT2D eigenvalue weighted by atomic mass is 35.5. The highest BCUT2D eigenvalue weighted by Crippen LogP contribution is 2.29. The third-order valence-corrected chi connectivity index (χ3v) is 7.76. The van der Waals surface area contributed by atoms with E-state index in [2.05, 4.69) is 10.3 Å². The number of piperidine rings is 1. The van der Waals surface area contributed by atoms with Gasteiger partial charge >= 0.3 is 6.03 Å². The second-order valence-corrected chi connectivity index (χ2v) is 11.0. The molecule has 2 heterocycles. The third-order valence-electron chi connectivity index (χ3n) is 5.43. The SMILES string of the molecule is CS(=O)(=O)N1CCC(N(C(=O)Nc2ncc(Cl)s2)C2CCCCCC2)CC1. The van der Waals surface area contributed by atoms with Crippen LogP contribution in [-0.2, 0) is 10.0 Å². The van der Waals surface area contributed by atoms with Crippen molar-refractivity contribution in [2.75, 3.05) is 24.7 Å². The zero-order valence-electron chi connectivity index (χ0n) is 15.6. The molecule has 1 saturated carbocycles. The number of carbonyl (C=O) groups excluding carboxylic acids is 1. The first-order chi connectivity index (χ1) is 12.8. The van der Waals surface area contributed by atoms with Crippen LogP contribution < -0.4 is 5.32 Å². The molecule has 0 bridgehead atoms. The number of halogens is 1. The Kier molecular flexibility index (Phi) is 6.99. The van der Waals surface area contributed by atoms with Crippen LogP contribution in [-0.4, -0.2) is 60.1 Å². The Balaban J connectivity index is 1.74. The molecular weight excluding hydrogens is 408 g/mol. The van der Waals surface area contributed by atoms with Crippen LogP contribution >= 0.6 is 22.9 Å². The molecule has 1 N–H and O–H groups in total. The smallest absolute Gasteiger partial charge is 0.318 e. The summed E-state index contributed by atoms with van der Waals surface area (Å²) in [6.07, 6.45) is 10.8. The predicted molar refractivity (Wildman–Crippen MR) is 109 cm³/mol. The second kappa shape index (κ2) is 9.07. The van der Waals surface area contributed by atoms with Crippen molar-refractivity contribution < 1.29 is 13.2 Å². The van der Waals surface area contributed by atoms with Gasteiger partial charge in [0.1, 0.15) is 4.34 Å². The Labute approximate surface area is 170 Å². The van der Waals surface area contributed by atoms with Gasteiger partial charge in [-0.1, -0.05) is 48.6 Å². The lowest BCUT2D eigenvalue weighted by Gasteiger charge is -2.41. The summed E-state index contributed by atoms with van der Waals surface area (Å²) in [7, 11) is -3.18. The topological polar surface area (TPSA) is 82.6 Å². The van der Waals surface area contributed by atoms with Gasteiger partial charge in [-0.05, 0) is 25.7 Å². The van der Waals surface area contributed by atoms with E-state index in [1.54, 1.807) is 0 Å². The maximum Gasteiger partial charge on any atom is 0.324 e. The normalized spacial score (nSPS) is 21.0. The van der Waals surface area contributed by atoms with E-state index in [1.807, 2.05) is 4.90 Å². The van der Waals surface area contributed by atoms with Gasteiger partial charge in [0.2, 0.25) is 10.0 Å². The van der Waals surface area contributed by atoms with E-state index in [0.29, 0.717) is 35.4 Å². The monoisotopic (exact) mass is 434 g/mol. The van der Waals surface area contributed by atoms with Crippen LogP contribution in [0.25, 0.3) is 0 Å². The molecule has 2 amide bonds. The van der Waals surface area contributed by atoms with Crippen LogP contribution in [0, 0.1) is 0 Å². The Morgan fingerprint density at radius 2 is 1.78 bits per heavy atom. The molecule has 2 aliphatic rings. The lowest BCUT2D eigenvalue weighted by Crippen LogP contribution is -2.53. The van der Waals surface area contributed by atoms with Gasteiger partial charge in [-0.3, -0.25) is 5.32 Å². The fraction of sp³-hybridized carbons (Fsp3) is 0.765. The van der Waals surface area contributed by atoms with Gasteiger partial charge in [0, 0.05) is 25.2 Å². The van der Waals surface area contributed by atoms with E-state index in [0.717, 1.165) is 25.7 Å². The first kappa shape index (κ1) is 20.8. The van der Waals surface area contributed by atoms with Crippen LogP contribution in [0.5, 0.6) is 0 Å². The van der Waals surface area contributed by atoms with E-state index >= 15 is 0 Å². The standard InChI is InChI=1S/C17H27ClN4O3S2/c1-27(24,25)21-10-8-14(9-11-21)22(13-6-4-2-3-5-7-13)17(23)20-16-19-12-15(18)26-16/h12-14H,2-11H2,1H3,(H,19,20,23). The van der Waals surface area contributed by atoms with E-state index in [-0.39, 0.29) is 18.1 Å². The maximum absolute atomic E-state index is 13.1. The average molecular weight is 435 g/mol. The van der Waals surface area contributed by atoms with Gasteiger partial charge in [0.05, 0.1) is 12.5 Å². The Hall–Kier alpha value is -0.900. The summed E-state index contributed by atoms with van der Waals surface area (Å²) < 4.78 is 25.6. The number of nitrogens with one attached hydrogen (secondary N) is 1. The Morgan fingerprint density at radius 1 is 1.19 bits per heavy atom. The molecule has 10 heteroatoms. The molecule has 2 fully saturated rings. The van der Waals surface area contributed by atoms with Crippen LogP contribution in [0.2, 0.25) is 4.34 Å². The molecule has 0 atom stereocenters. The molecule has 27 heavy (non-hydrogen) atoms. The highest BCUT2D eigenvalue weighted by molar-refractivity contribution is 7.88. The lowest BCUT2D eigenvalue weighted by molar-refractivity contribution is 0.116. The molecule has 3 rings (SSSR count). The molecule has 152 valence electrons. The van der Waals surface area contributed by atoms with Crippen molar-refractivity contribution in [3.8, 4) is 0 Å². The summed E-state index contributed by atoms with van der Waals surface area (Å²) in [5.74, 6) is 0. The Bertz CT molecular complexity index is 739. The van der Waals surface area contributed by atoms with Crippen molar-refractivity contribution in [1.82, 2.24) is 14.2 Å². The summed E-state index contributed by atoms with van der Waals surface area (Å²) in [5, 5.41) is 3.39. The molecule has 7 nitrogen and oxygen atoms in total. The summed E-state index contributed by atoms with van der Waals surface area (Å²) in [6.45, 7) is 0.923. The number of amides is 2. The quantitative estimate of drug-likeness (QED) is 0.731. The minimum Gasteiger partial charge on any atom is -0.318 e. The predicted octanol–water partition coefficient (Wildman–Crippen LogP) is 3.78. The van der Waals surface area contributed by atoms with Crippen molar-refractivity contribution in [2.24, 2.45) is 0 Å².